The van der Waals surface area contributed by atoms with Crippen LogP contribution in [0.4, 0.5) is 5.13 Å². The fourth-order valence-electron chi connectivity index (χ4n) is 1.30. The second-order valence-corrected chi connectivity index (χ2v) is 4.05. The van der Waals surface area contributed by atoms with Gasteiger partial charge in [0.25, 0.3) is 0 Å². The van der Waals surface area contributed by atoms with Crippen molar-refractivity contribution in [3.05, 3.63) is 49.3 Å². The number of hydrazone groups is 1. The first-order chi connectivity index (χ1) is 7.85. The molecule has 80 valence electrons. The van der Waals surface area contributed by atoms with Crippen molar-refractivity contribution in [2.75, 3.05) is 5.01 Å². The lowest BCUT2D eigenvalue weighted by Gasteiger charge is -2.06. The Bertz CT molecular complexity index is 482. The molecular formula is C12H11N3S. The molecule has 0 N–H and O–H groups in total. The molecule has 0 amide bonds. The Kier molecular flexibility index (Phi) is 3.12. The van der Waals surface area contributed by atoms with Gasteiger partial charge in [0, 0.05) is 19.1 Å². The van der Waals surface area contributed by atoms with E-state index >= 15 is 0 Å². The van der Waals surface area contributed by atoms with E-state index in [4.69, 9.17) is 0 Å². The molecular weight excluding hydrogens is 218 g/mol. The van der Waals surface area contributed by atoms with Crippen molar-refractivity contribution in [2.24, 2.45) is 5.10 Å². The maximum atomic E-state index is 4.27. The van der Waals surface area contributed by atoms with Crippen LogP contribution in [0.5, 0.6) is 0 Å². The molecule has 1 heterocycles. The fourth-order valence-corrected chi connectivity index (χ4v) is 2.19. The maximum absolute atomic E-state index is 4.27. The predicted molar refractivity (Wildman–Crippen MR) is 69.8 cm³/mol. The van der Waals surface area contributed by atoms with Crippen LogP contribution in [0.2, 0.25) is 0 Å². The van der Waals surface area contributed by atoms with E-state index in [1.54, 1.807) is 22.5 Å². The van der Waals surface area contributed by atoms with Crippen LogP contribution < -0.4 is 5.01 Å². The molecule has 0 saturated heterocycles. The Morgan fingerprint density at radius 1 is 1.31 bits per heavy atom. The Hall–Kier alpha value is -1.94. The van der Waals surface area contributed by atoms with Gasteiger partial charge in [-0.15, -0.1) is 0 Å². The highest BCUT2D eigenvalue weighted by molar-refractivity contribution is 7.18. The summed E-state index contributed by atoms with van der Waals surface area (Å²) < 4.78 is 0. The number of hydrogen-bond donors (Lipinski definition) is 0. The van der Waals surface area contributed by atoms with Gasteiger partial charge in [-0.1, -0.05) is 48.2 Å². The number of aromatic nitrogens is 1. The summed E-state index contributed by atoms with van der Waals surface area (Å²) in [5.41, 5.74) is 1.15. The lowest BCUT2D eigenvalue weighted by molar-refractivity contribution is 1.07. The van der Waals surface area contributed by atoms with Gasteiger partial charge in [0.05, 0.1) is 4.88 Å². The van der Waals surface area contributed by atoms with E-state index in [9.17, 15) is 0 Å². The van der Waals surface area contributed by atoms with Gasteiger partial charge >= 0.3 is 0 Å². The predicted octanol–water partition coefficient (Wildman–Crippen LogP) is 3.38. The quantitative estimate of drug-likeness (QED) is 0.594. The number of thiazole rings is 1. The average Bonchev–Trinajstić information content (AvgIpc) is 2.81. The molecule has 0 unspecified atom stereocenters. The summed E-state index contributed by atoms with van der Waals surface area (Å²) >= 11 is 1.55. The third-order valence-electron chi connectivity index (χ3n) is 2.07. The van der Waals surface area contributed by atoms with E-state index in [1.165, 1.54) is 0 Å². The van der Waals surface area contributed by atoms with Gasteiger partial charge < -0.3 is 0 Å². The molecule has 0 aliphatic heterocycles. The van der Waals surface area contributed by atoms with Gasteiger partial charge in [-0.25, -0.2) is 9.99 Å². The number of nitrogens with zero attached hydrogens (tertiary/aromatic N) is 3. The Labute approximate surface area is 98.4 Å². The molecule has 0 bridgehead atoms. The third kappa shape index (κ3) is 2.01. The SMILES string of the molecule is C=CN(N=C)c1ncc(-c2ccccc2)s1. The van der Waals surface area contributed by atoms with E-state index in [0.717, 1.165) is 15.6 Å². The summed E-state index contributed by atoms with van der Waals surface area (Å²) in [7, 11) is 0. The van der Waals surface area contributed by atoms with Crippen molar-refractivity contribution in [1.82, 2.24) is 4.98 Å². The smallest absolute Gasteiger partial charge is 0.210 e. The summed E-state index contributed by atoms with van der Waals surface area (Å²) in [4.78, 5) is 5.38. The lowest BCUT2D eigenvalue weighted by atomic mass is 10.2. The Balaban J connectivity index is 2.33. The van der Waals surface area contributed by atoms with Gasteiger partial charge in [0.2, 0.25) is 5.13 Å². The van der Waals surface area contributed by atoms with Crippen LogP contribution >= 0.6 is 11.3 Å². The average molecular weight is 229 g/mol. The maximum Gasteiger partial charge on any atom is 0.210 e. The normalized spacial score (nSPS) is 9.75. The zero-order valence-corrected chi connectivity index (χ0v) is 9.52. The van der Waals surface area contributed by atoms with Crippen LogP contribution in [0.15, 0.2) is 54.4 Å². The molecule has 0 aliphatic rings. The number of anilines is 1. The molecule has 0 radical (unpaired) electrons. The Morgan fingerprint density at radius 2 is 2.06 bits per heavy atom. The highest BCUT2D eigenvalue weighted by atomic mass is 32.1. The van der Waals surface area contributed by atoms with Crippen molar-refractivity contribution in [3.63, 3.8) is 0 Å². The van der Waals surface area contributed by atoms with Gasteiger partial charge in [-0.3, -0.25) is 0 Å². The molecule has 1 aromatic carbocycles. The van der Waals surface area contributed by atoms with Gasteiger partial charge in [0.1, 0.15) is 0 Å². The van der Waals surface area contributed by atoms with Crippen LogP contribution in [0, 0.1) is 0 Å². The summed E-state index contributed by atoms with van der Waals surface area (Å²) in [6, 6.07) is 10.1. The molecule has 0 aliphatic carbocycles. The molecule has 2 rings (SSSR count). The first kappa shape index (κ1) is 10.6. The molecule has 16 heavy (non-hydrogen) atoms. The molecule has 0 fully saturated rings. The first-order valence-electron chi connectivity index (χ1n) is 4.75. The van der Waals surface area contributed by atoms with Crippen LogP contribution in [0.1, 0.15) is 0 Å². The summed E-state index contributed by atoms with van der Waals surface area (Å²) in [5, 5.41) is 6.12. The molecule has 4 heteroatoms. The van der Waals surface area contributed by atoms with E-state index in [0.29, 0.717) is 0 Å². The van der Waals surface area contributed by atoms with Crippen molar-refractivity contribution >= 4 is 23.2 Å². The van der Waals surface area contributed by atoms with Gasteiger partial charge in [-0.05, 0) is 5.56 Å². The molecule has 0 atom stereocenters. The lowest BCUT2D eigenvalue weighted by Crippen LogP contribution is -2.04. The van der Waals surface area contributed by atoms with Crippen LogP contribution in [-0.2, 0) is 0 Å². The van der Waals surface area contributed by atoms with Crippen molar-refractivity contribution in [3.8, 4) is 10.4 Å². The topological polar surface area (TPSA) is 28.5 Å². The molecule has 3 nitrogen and oxygen atoms in total. The highest BCUT2D eigenvalue weighted by Crippen LogP contribution is 2.30. The number of rotatable bonds is 4. The van der Waals surface area contributed by atoms with E-state index in [2.05, 4.69) is 35.5 Å². The van der Waals surface area contributed by atoms with E-state index in [1.807, 2.05) is 24.4 Å². The monoisotopic (exact) mass is 229 g/mol. The first-order valence-corrected chi connectivity index (χ1v) is 5.56. The second kappa shape index (κ2) is 4.72. The van der Waals surface area contributed by atoms with E-state index < -0.39 is 0 Å². The standard InChI is InChI=1S/C12H11N3S/c1-3-15(13-2)12-14-9-11(16-12)10-7-5-4-6-8-10/h3-9H,1-2H2. The second-order valence-electron chi connectivity index (χ2n) is 3.04. The molecule has 0 saturated carbocycles. The third-order valence-corrected chi connectivity index (χ3v) is 3.11. The summed E-state index contributed by atoms with van der Waals surface area (Å²) in [6.45, 7) is 7.11. The minimum Gasteiger partial charge on any atom is -0.226 e. The largest absolute Gasteiger partial charge is 0.226 e. The molecule has 1 aromatic heterocycles. The van der Waals surface area contributed by atoms with Crippen molar-refractivity contribution in [2.45, 2.75) is 0 Å². The van der Waals surface area contributed by atoms with Crippen LogP contribution in [0.25, 0.3) is 10.4 Å². The Morgan fingerprint density at radius 3 is 2.69 bits per heavy atom. The molecule has 0 spiro atoms. The zero-order valence-electron chi connectivity index (χ0n) is 8.71. The minimum absolute atomic E-state index is 0.767. The van der Waals surface area contributed by atoms with Crippen LogP contribution in [-0.4, -0.2) is 11.7 Å². The highest BCUT2D eigenvalue weighted by Gasteiger charge is 2.07. The van der Waals surface area contributed by atoms with Gasteiger partial charge in [0.15, 0.2) is 0 Å². The van der Waals surface area contributed by atoms with Crippen molar-refractivity contribution in [1.29, 1.82) is 0 Å². The zero-order chi connectivity index (χ0) is 11.4. The van der Waals surface area contributed by atoms with Crippen LogP contribution in [0.3, 0.4) is 0 Å². The number of benzene rings is 1. The fraction of sp³-hybridized carbons (Fsp3) is 0. The van der Waals surface area contributed by atoms with E-state index in [-0.39, 0.29) is 0 Å². The van der Waals surface area contributed by atoms with Crippen molar-refractivity contribution < 1.29 is 0 Å². The van der Waals surface area contributed by atoms with Gasteiger partial charge in [-0.2, -0.15) is 5.10 Å². The minimum atomic E-state index is 0.767. The molecule has 2 aromatic rings. The summed E-state index contributed by atoms with van der Waals surface area (Å²) in [5.74, 6) is 0. The number of hydrogen-bond acceptors (Lipinski definition) is 4. The summed E-state index contributed by atoms with van der Waals surface area (Å²) in [6.07, 6.45) is 3.41.